The summed E-state index contributed by atoms with van der Waals surface area (Å²) in [5.74, 6) is -1.08. The molecule has 0 heterocycles. The number of hydrogen-bond acceptors (Lipinski definition) is 0. The molecule has 0 amide bonds. The highest BCUT2D eigenvalue weighted by Gasteiger charge is 2.20. The van der Waals surface area contributed by atoms with E-state index in [1.807, 2.05) is 0 Å². The monoisotopic (exact) mass is 330 g/mol. The van der Waals surface area contributed by atoms with Crippen LogP contribution in [-0.2, 0) is 0 Å². The van der Waals surface area contributed by atoms with Crippen LogP contribution in [0.5, 0.6) is 0 Å². The summed E-state index contributed by atoms with van der Waals surface area (Å²) < 4.78 is 27.7. The van der Waals surface area contributed by atoms with E-state index in [0.29, 0.717) is 10.6 Å². The Labute approximate surface area is 118 Å². The molecule has 0 saturated carbocycles. The molecular formula is C14H10BrClF2. The molecule has 1 unspecified atom stereocenters. The van der Waals surface area contributed by atoms with Gasteiger partial charge in [0.05, 0.1) is 4.83 Å². The maximum absolute atomic E-state index is 14.0. The van der Waals surface area contributed by atoms with Gasteiger partial charge in [0.1, 0.15) is 11.6 Å². The summed E-state index contributed by atoms with van der Waals surface area (Å²) >= 11 is 9.12. The zero-order valence-electron chi connectivity index (χ0n) is 9.55. The molecule has 0 aliphatic carbocycles. The van der Waals surface area contributed by atoms with Crippen LogP contribution in [0.2, 0.25) is 5.02 Å². The standard InChI is InChI=1S/C14H10BrClF2/c1-8-2-7-11(17)12(14(8)18)13(15)9-3-5-10(16)6-4-9/h2-7,13H,1H3. The lowest BCUT2D eigenvalue weighted by atomic mass is 10.0. The van der Waals surface area contributed by atoms with E-state index in [-0.39, 0.29) is 5.56 Å². The minimum absolute atomic E-state index is 0.0253. The minimum Gasteiger partial charge on any atom is -0.207 e. The fourth-order valence-electron chi connectivity index (χ4n) is 1.71. The summed E-state index contributed by atoms with van der Waals surface area (Å²) in [4.78, 5) is -0.533. The Hall–Kier alpha value is -0.930. The van der Waals surface area contributed by atoms with Crippen molar-refractivity contribution in [1.29, 1.82) is 0 Å². The van der Waals surface area contributed by atoms with Crippen molar-refractivity contribution in [1.82, 2.24) is 0 Å². The summed E-state index contributed by atoms with van der Waals surface area (Å²) in [5, 5.41) is 0.587. The molecule has 94 valence electrons. The zero-order chi connectivity index (χ0) is 13.3. The van der Waals surface area contributed by atoms with E-state index in [1.165, 1.54) is 12.1 Å². The van der Waals surface area contributed by atoms with Gasteiger partial charge in [0.25, 0.3) is 0 Å². The Morgan fingerprint density at radius 3 is 2.28 bits per heavy atom. The molecule has 0 radical (unpaired) electrons. The molecule has 0 N–H and O–H groups in total. The van der Waals surface area contributed by atoms with Crippen LogP contribution in [0.15, 0.2) is 36.4 Å². The first-order chi connectivity index (χ1) is 8.50. The van der Waals surface area contributed by atoms with Crippen molar-refractivity contribution < 1.29 is 8.78 Å². The maximum atomic E-state index is 14.0. The van der Waals surface area contributed by atoms with Crippen LogP contribution in [-0.4, -0.2) is 0 Å². The Kier molecular flexibility index (Phi) is 4.03. The van der Waals surface area contributed by atoms with Gasteiger partial charge >= 0.3 is 0 Å². The Bertz CT molecular complexity index is 567. The molecule has 0 nitrogen and oxygen atoms in total. The SMILES string of the molecule is Cc1ccc(F)c(C(Br)c2ccc(Cl)cc2)c1F. The van der Waals surface area contributed by atoms with E-state index in [9.17, 15) is 8.78 Å². The average molecular weight is 332 g/mol. The lowest BCUT2D eigenvalue weighted by molar-refractivity contribution is 0.555. The molecule has 4 heteroatoms. The summed E-state index contributed by atoms with van der Waals surface area (Å²) in [6.07, 6.45) is 0. The molecule has 0 saturated heterocycles. The van der Waals surface area contributed by atoms with Crippen LogP contribution in [0.25, 0.3) is 0 Å². The van der Waals surface area contributed by atoms with Gasteiger partial charge in [0.2, 0.25) is 0 Å². The number of benzene rings is 2. The highest BCUT2D eigenvalue weighted by molar-refractivity contribution is 9.09. The second-order valence-electron chi connectivity index (χ2n) is 4.01. The highest BCUT2D eigenvalue weighted by atomic mass is 79.9. The normalized spacial score (nSPS) is 12.5. The molecule has 0 aromatic heterocycles. The zero-order valence-corrected chi connectivity index (χ0v) is 11.9. The van der Waals surface area contributed by atoms with Gasteiger partial charge in [-0.15, -0.1) is 0 Å². The third-order valence-electron chi connectivity index (χ3n) is 2.74. The lowest BCUT2D eigenvalue weighted by Crippen LogP contribution is -2.02. The number of hydrogen-bond donors (Lipinski definition) is 0. The third-order valence-corrected chi connectivity index (χ3v) is 3.97. The first-order valence-corrected chi connectivity index (χ1v) is 6.64. The van der Waals surface area contributed by atoms with E-state index in [2.05, 4.69) is 15.9 Å². The molecule has 0 aliphatic heterocycles. The van der Waals surface area contributed by atoms with Crippen LogP contribution in [0, 0.1) is 18.6 Å². The van der Waals surface area contributed by atoms with Crippen LogP contribution in [0.4, 0.5) is 8.78 Å². The van der Waals surface area contributed by atoms with Gasteiger partial charge in [-0.2, -0.15) is 0 Å². The van der Waals surface area contributed by atoms with E-state index in [4.69, 9.17) is 11.6 Å². The van der Waals surface area contributed by atoms with Crippen molar-refractivity contribution >= 4 is 27.5 Å². The second kappa shape index (κ2) is 5.37. The molecular weight excluding hydrogens is 322 g/mol. The number of halogens is 4. The van der Waals surface area contributed by atoms with Crippen molar-refractivity contribution in [2.75, 3.05) is 0 Å². The van der Waals surface area contributed by atoms with Gasteiger partial charge in [-0.05, 0) is 36.2 Å². The van der Waals surface area contributed by atoms with Gasteiger partial charge in [-0.3, -0.25) is 0 Å². The molecule has 2 rings (SSSR count). The van der Waals surface area contributed by atoms with Crippen molar-refractivity contribution in [2.45, 2.75) is 11.8 Å². The summed E-state index contributed by atoms with van der Waals surface area (Å²) in [6, 6.07) is 9.56. The largest absolute Gasteiger partial charge is 0.207 e. The lowest BCUT2D eigenvalue weighted by Gasteiger charge is -2.14. The van der Waals surface area contributed by atoms with Gasteiger partial charge in [-0.25, -0.2) is 8.78 Å². The molecule has 1 atom stereocenters. The molecule has 0 fully saturated rings. The first-order valence-electron chi connectivity index (χ1n) is 5.34. The highest BCUT2D eigenvalue weighted by Crippen LogP contribution is 2.35. The van der Waals surface area contributed by atoms with Gasteiger partial charge in [0, 0.05) is 10.6 Å². The van der Waals surface area contributed by atoms with E-state index in [0.717, 1.165) is 5.56 Å². The predicted octanol–water partition coefficient (Wildman–Crippen LogP) is 5.41. The van der Waals surface area contributed by atoms with E-state index in [1.54, 1.807) is 31.2 Å². The summed E-state index contributed by atoms with van der Waals surface area (Å²) in [7, 11) is 0. The Morgan fingerprint density at radius 1 is 1.06 bits per heavy atom. The Morgan fingerprint density at radius 2 is 1.67 bits per heavy atom. The van der Waals surface area contributed by atoms with E-state index >= 15 is 0 Å². The van der Waals surface area contributed by atoms with Crippen LogP contribution >= 0.6 is 27.5 Å². The smallest absolute Gasteiger partial charge is 0.133 e. The van der Waals surface area contributed by atoms with Crippen LogP contribution < -0.4 is 0 Å². The summed E-state index contributed by atoms with van der Waals surface area (Å²) in [6.45, 7) is 1.61. The quantitative estimate of drug-likeness (QED) is 0.645. The predicted molar refractivity (Wildman–Crippen MR) is 73.3 cm³/mol. The maximum Gasteiger partial charge on any atom is 0.133 e. The van der Waals surface area contributed by atoms with Crippen molar-refractivity contribution in [2.24, 2.45) is 0 Å². The minimum atomic E-state index is -0.560. The van der Waals surface area contributed by atoms with Gasteiger partial charge in [-0.1, -0.05) is 45.7 Å². The second-order valence-corrected chi connectivity index (χ2v) is 5.36. The number of aryl methyl sites for hydroxylation is 1. The van der Waals surface area contributed by atoms with Gasteiger partial charge in [0.15, 0.2) is 0 Å². The first kappa shape index (κ1) is 13.5. The molecule has 2 aromatic carbocycles. The molecule has 18 heavy (non-hydrogen) atoms. The number of rotatable bonds is 2. The Balaban J connectivity index is 2.49. The molecule has 0 bridgehead atoms. The average Bonchev–Trinajstić information content (AvgIpc) is 2.35. The fraction of sp³-hybridized carbons (Fsp3) is 0.143. The third kappa shape index (κ3) is 2.57. The molecule has 2 aromatic rings. The van der Waals surface area contributed by atoms with E-state index < -0.39 is 16.5 Å². The topological polar surface area (TPSA) is 0 Å². The van der Waals surface area contributed by atoms with Crippen LogP contribution in [0.3, 0.4) is 0 Å². The fourth-order valence-corrected chi connectivity index (χ4v) is 2.56. The molecule has 0 spiro atoms. The van der Waals surface area contributed by atoms with Crippen molar-refractivity contribution in [3.8, 4) is 0 Å². The van der Waals surface area contributed by atoms with Crippen molar-refractivity contribution in [3.05, 3.63) is 69.7 Å². The summed E-state index contributed by atoms with van der Waals surface area (Å²) in [5.41, 5.74) is 1.20. The van der Waals surface area contributed by atoms with Crippen LogP contribution in [0.1, 0.15) is 21.5 Å². The van der Waals surface area contributed by atoms with Gasteiger partial charge < -0.3 is 0 Å². The number of alkyl halides is 1. The molecule has 0 aliphatic rings. The van der Waals surface area contributed by atoms with Crippen molar-refractivity contribution in [3.63, 3.8) is 0 Å².